The quantitative estimate of drug-likeness (QED) is 0.679. The van der Waals surface area contributed by atoms with Crippen LogP contribution in [0.4, 0.5) is 10.1 Å². The summed E-state index contributed by atoms with van der Waals surface area (Å²) in [4.78, 5) is 14.3. The number of hydrogen-bond donors (Lipinski definition) is 1. The molecule has 0 fully saturated rings. The highest BCUT2D eigenvalue weighted by atomic mass is 19.1. The monoisotopic (exact) mass is 265 g/mol. The molecule has 0 spiro atoms. The molecule has 1 aromatic heterocycles. The van der Waals surface area contributed by atoms with Gasteiger partial charge in [0.2, 0.25) is 5.89 Å². The minimum Gasteiger partial charge on any atom is -0.439 e. The molecule has 0 aliphatic heterocycles. The van der Waals surface area contributed by atoms with Crippen LogP contribution < -0.4 is 5.32 Å². The number of nitrogens with zero attached hydrogens (tertiary/aromatic N) is 2. The summed E-state index contributed by atoms with van der Waals surface area (Å²) in [6.45, 7) is 1.83. The average Bonchev–Trinajstić information content (AvgIpc) is 2.86. The molecule has 19 heavy (non-hydrogen) atoms. The summed E-state index contributed by atoms with van der Waals surface area (Å²) in [6.07, 6.45) is 1.35. The van der Waals surface area contributed by atoms with E-state index in [1.54, 1.807) is 7.05 Å². The van der Waals surface area contributed by atoms with Crippen LogP contribution >= 0.6 is 0 Å². The van der Waals surface area contributed by atoms with Crippen LogP contribution in [-0.2, 0) is 0 Å². The van der Waals surface area contributed by atoms with Crippen molar-refractivity contribution in [1.29, 1.82) is 0 Å². The fourth-order valence-electron chi connectivity index (χ4n) is 1.60. The Bertz CT molecular complexity index is 612. The highest BCUT2D eigenvalue weighted by Gasteiger charge is 2.20. The maximum atomic E-state index is 13.2. The van der Waals surface area contributed by atoms with Gasteiger partial charge in [-0.2, -0.15) is 0 Å². The summed E-state index contributed by atoms with van der Waals surface area (Å²) in [6, 6.07) is 3.07. The molecule has 100 valence electrons. The van der Waals surface area contributed by atoms with Crippen LogP contribution in [0.2, 0.25) is 0 Å². The first-order valence-electron chi connectivity index (χ1n) is 5.60. The third-order valence-electron chi connectivity index (χ3n) is 2.75. The number of benzene rings is 1. The Morgan fingerprint density at radius 1 is 1.53 bits per heavy atom. The number of oxazole rings is 1. The van der Waals surface area contributed by atoms with Gasteiger partial charge in [0.05, 0.1) is 22.7 Å². The summed E-state index contributed by atoms with van der Waals surface area (Å²) in [7, 11) is 1.74. The molecule has 0 radical (unpaired) electrons. The van der Waals surface area contributed by atoms with Gasteiger partial charge in [0.15, 0.2) is 5.76 Å². The number of rotatable bonds is 4. The Hall–Kier alpha value is -2.28. The van der Waals surface area contributed by atoms with E-state index in [1.807, 2.05) is 6.92 Å². The molecular formula is C12H12FN3O3. The second-order valence-electron chi connectivity index (χ2n) is 3.99. The largest absolute Gasteiger partial charge is 0.439 e. The van der Waals surface area contributed by atoms with E-state index < -0.39 is 10.7 Å². The molecule has 0 saturated heterocycles. The Morgan fingerprint density at radius 2 is 2.26 bits per heavy atom. The summed E-state index contributed by atoms with van der Waals surface area (Å²) in [5.74, 6) is -0.0143. The fraction of sp³-hybridized carbons (Fsp3) is 0.250. The topological polar surface area (TPSA) is 81.2 Å². The van der Waals surface area contributed by atoms with Crippen molar-refractivity contribution in [1.82, 2.24) is 10.3 Å². The fourth-order valence-corrected chi connectivity index (χ4v) is 1.60. The molecule has 1 aromatic carbocycles. The third kappa shape index (κ3) is 2.60. The van der Waals surface area contributed by atoms with Crippen LogP contribution in [0.1, 0.15) is 18.9 Å². The maximum Gasteiger partial charge on any atom is 0.280 e. The minimum atomic E-state index is -0.585. The van der Waals surface area contributed by atoms with E-state index in [9.17, 15) is 14.5 Å². The third-order valence-corrected chi connectivity index (χ3v) is 2.75. The van der Waals surface area contributed by atoms with Crippen molar-refractivity contribution >= 4 is 5.69 Å². The van der Waals surface area contributed by atoms with E-state index in [-0.39, 0.29) is 23.1 Å². The van der Waals surface area contributed by atoms with Gasteiger partial charge >= 0.3 is 0 Å². The standard InChI is InChI=1S/C12H12FN3O3/c1-7(14-2)12-15-6-11(19-12)9-5-8(13)3-4-10(9)16(17)18/h3-7,14H,1-2H3. The van der Waals surface area contributed by atoms with Crippen molar-refractivity contribution < 1.29 is 13.7 Å². The lowest BCUT2D eigenvalue weighted by Crippen LogP contribution is -2.12. The predicted octanol–water partition coefficient (Wildman–Crippen LogP) is 2.67. The molecule has 2 rings (SSSR count). The van der Waals surface area contributed by atoms with Crippen LogP contribution in [0, 0.1) is 15.9 Å². The average molecular weight is 265 g/mol. The normalized spacial score (nSPS) is 12.4. The van der Waals surface area contributed by atoms with Gasteiger partial charge in [0.25, 0.3) is 5.69 Å². The SMILES string of the molecule is CNC(C)c1ncc(-c2cc(F)ccc2[N+](=O)[O-])o1. The van der Waals surface area contributed by atoms with Crippen molar-refractivity contribution in [3.05, 3.63) is 46.2 Å². The molecule has 2 aromatic rings. The number of nitrogens with one attached hydrogen (secondary N) is 1. The Kier molecular flexibility index (Phi) is 3.57. The van der Waals surface area contributed by atoms with Crippen LogP contribution in [0.3, 0.4) is 0 Å². The molecular weight excluding hydrogens is 253 g/mol. The van der Waals surface area contributed by atoms with E-state index in [0.29, 0.717) is 5.89 Å². The predicted molar refractivity (Wildman–Crippen MR) is 66.0 cm³/mol. The van der Waals surface area contributed by atoms with E-state index in [0.717, 1.165) is 18.2 Å². The summed E-state index contributed by atoms with van der Waals surface area (Å²) in [5, 5.41) is 13.8. The lowest BCUT2D eigenvalue weighted by Gasteiger charge is -2.04. The van der Waals surface area contributed by atoms with Crippen molar-refractivity contribution in [2.45, 2.75) is 13.0 Å². The molecule has 7 heteroatoms. The summed E-state index contributed by atoms with van der Waals surface area (Å²) >= 11 is 0. The summed E-state index contributed by atoms with van der Waals surface area (Å²) < 4.78 is 18.7. The zero-order chi connectivity index (χ0) is 14.0. The van der Waals surface area contributed by atoms with E-state index in [2.05, 4.69) is 10.3 Å². The Balaban J connectivity index is 2.49. The van der Waals surface area contributed by atoms with E-state index in [4.69, 9.17) is 4.42 Å². The van der Waals surface area contributed by atoms with E-state index in [1.165, 1.54) is 6.20 Å². The number of hydrogen-bond acceptors (Lipinski definition) is 5. The van der Waals surface area contributed by atoms with Crippen molar-refractivity contribution in [2.24, 2.45) is 0 Å². The first kappa shape index (κ1) is 13.2. The minimum absolute atomic E-state index is 0.0760. The van der Waals surface area contributed by atoms with E-state index >= 15 is 0 Å². The van der Waals surface area contributed by atoms with Gasteiger partial charge in [-0.05, 0) is 26.1 Å². The van der Waals surface area contributed by atoms with Crippen molar-refractivity contribution in [3.63, 3.8) is 0 Å². The van der Waals surface area contributed by atoms with Crippen LogP contribution in [0.5, 0.6) is 0 Å². The highest BCUT2D eigenvalue weighted by molar-refractivity contribution is 5.68. The number of nitro benzene ring substituents is 1. The maximum absolute atomic E-state index is 13.2. The molecule has 0 amide bonds. The van der Waals surface area contributed by atoms with Crippen LogP contribution in [0.15, 0.2) is 28.8 Å². The van der Waals surface area contributed by atoms with Gasteiger partial charge in [0.1, 0.15) is 5.82 Å². The second kappa shape index (κ2) is 5.15. The lowest BCUT2D eigenvalue weighted by molar-refractivity contribution is -0.384. The number of halogens is 1. The van der Waals surface area contributed by atoms with Crippen molar-refractivity contribution in [3.8, 4) is 11.3 Å². The molecule has 1 N–H and O–H groups in total. The number of aromatic nitrogens is 1. The van der Waals surface area contributed by atoms with Gasteiger partial charge in [-0.25, -0.2) is 9.37 Å². The second-order valence-corrected chi connectivity index (χ2v) is 3.99. The van der Waals surface area contributed by atoms with Gasteiger partial charge < -0.3 is 9.73 Å². The lowest BCUT2D eigenvalue weighted by atomic mass is 10.1. The molecule has 1 atom stereocenters. The zero-order valence-corrected chi connectivity index (χ0v) is 10.4. The van der Waals surface area contributed by atoms with Crippen LogP contribution in [-0.4, -0.2) is 17.0 Å². The van der Waals surface area contributed by atoms with Gasteiger partial charge in [-0.15, -0.1) is 0 Å². The van der Waals surface area contributed by atoms with Gasteiger partial charge in [-0.3, -0.25) is 10.1 Å². The Morgan fingerprint density at radius 3 is 2.89 bits per heavy atom. The van der Waals surface area contributed by atoms with Crippen LogP contribution in [0.25, 0.3) is 11.3 Å². The smallest absolute Gasteiger partial charge is 0.280 e. The van der Waals surface area contributed by atoms with Gasteiger partial charge in [-0.1, -0.05) is 0 Å². The molecule has 0 saturated carbocycles. The van der Waals surface area contributed by atoms with Gasteiger partial charge in [0, 0.05) is 6.07 Å². The molecule has 6 nitrogen and oxygen atoms in total. The molecule has 0 aliphatic carbocycles. The first-order chi connectivity index (χ1) is 9.02. The Labute approximate surface area is 108 Å². The molecule has 0 aliphatic rings. The zero-order valence-electron chi connectivity index (χ0n) is 10.4. The molecule has 0 bridgehead atoms. The summed E-state index contributed by atoms with van der Waals surface area (Å²) in [5.41, 5.74) is -0.145. The molecule has 1 unspecified atom stereocenters. The highest BCUT2D eigenvalue weighted by Crippen LogP contribution is 2.31. The van der Waals surface area contributed by atoms with Crippen molar-refractivity contribution in [2.75, 3.05) is 7.05 Å². The first-order valence-corrected chi connectivity index (χ1v) is 5.60. The molecule has 1 heterocycles. The number of nitro groups is 1.